The van der Waals surface area contributed by atoms with Crippen LogP contribution < -0.4 is 4.90 Å². The van der Waals surface area contributed by atoms with Crippen molar-refractivity contribution in [3.05, 3.63) is 91.0 Å². The van der Waals surface area contributed by atoms with E-state index in [1.807, 2.05) is 78.9 Å². The summed E-state index contributed by atoms with van der Waals surface area (Å²) in [5, 5.41) is 0. The fourth-order valence-corrected chi connectivity index (χ4v) is 3.34. The number of carbonyl (C=O) groups is 1. The molecule has 0 bridgehead atoms. The largest absolute Gasteiger partial charge is 0.281 e. The standard InChI is InChI=1S/C21H19NOS/c23-21(16-17-24-20-14-8-3-9-15-20)22(18-10-4-1-5-11-18)19-12-6-2-7-13-19/h1-15H,16-17H2. The van der Waals surface area contributed by atoms with Gasteiger partial charge in [0.2, 0.25) is 5.91 Å². The highest BCUT2D eigenvalue weighted by Crippen LogP contribution is 2.27. The van der Waals surface area contributed by atoms with Crippen LogP contribution in [-0.4, -0.2) is 11.7 Å². The van der Waals surface area contributed by atoms with Crippen molar-refractivity contribution in [3.63, 3.8) is 0 Å². The first kappa shape index (κ1) is 16.3. The Balaban J connectivity index is 1.72. The first-order valence-electron chi connectivity index (χ1n) is 7.95. The Kier molecular flexibility index (Phi) is 5.70. The first-order valence-corrected chi connectivity index (χ1v) is 8.94. The number of hydrogen-bond donors (Lipinski definition) is 0. The molecular formula is C21H19NOS. The van der Waals surface area contributed by atoms with E-state index in [1.54, 1.807) is 16.7 Å². The summed E-state index contributed by atoms with van der Waals surface area (Å²) in [6, 6.07) is 29.8. The topological polar surface area (TPSA) is 20.3 Å². The zero-order valence-corrected chi connectivity index (χ0v) is 14.2. The second-order valence-corrected chi connectivity index (χ2v) is 6.48. The lowest BCUT2D eigenvalue weighted by Crippen LogP contribution is -2.26. The molecule has 0 fully saturated rings. The van der Waals surface area contributed by atoms with Crippen LogP contribution in [0.4, 0.5) is 11.4 Å². The van der Waals surface area contributed by atoms with Gasteiger partial charge in [0, 0.05) is 28.4 Å². The first-order chi connectivity index (χ1) is 11.8. The van der Waals surface area contributed by atoms with Crippen LogP contribution in [0.1, 0.15) is 6.42 Å². The molecule has 2 nitrogen and oxygen atoms in total. The lowest BCUT2D eigenvalue weighted by atomic mass is 10.2. The van der Waals surface area contributed by atoms with E-state index in [0.717, 1.165) is 17.1 Å². The number of benzene rings is 3. The summed E-state index contributed by atoms with van der Waals surface area (Å²) in [6.07, 6.45) is 0.489. The molecule has 0 heterocycles. The van der Waals surface area contributed by atoms with Crippen molar-refractivity contribution in [3.8, 4) is 0 Å². The number of para-hydroxylation sites is 2. The van der Waals surface area contributed by atoms with Gasteiger partial charge < -0.3 is 0 Å². The number of anilines is 2. The molecule has 0 spiro atoms. The average molecular weight is 333 g/mol. The van der Waals surface area contributed by atoms with Crippen molar-refractivity contribution in [2.75, 3.05) is 10.7 Å². The smallest absolute Gasteiger partial charge is 0.232 e. The maximum atomic E-state index is 12.8. The van der Waals surface area contributed by atoms with Crippen LogP contribution in [0.3, 0.4) is 0 Å². The molecule has 0 saturated carbocycles. The van der Waals surface area contributed by atoms with Gasteiger partial charge in [0.1, 0.15) is 0 Å². The Morgan fingerprint density at radius 2 is 1.17 bits per heavy atom. The van der Waals surface area contributed by atoms with Crippen LogP contribution in [0.2, 0.25) is 0 Å². The summed E-state index contributed by atoms with van der Waals surface area (Å²) in [7, 11) is 0. The van der Waals surface area contributed by atoms with E-state index < -0.39 is 0 Å². The number of hydrogen-bond acceptors (Lipinski definition) is 2. The molecule has 0 radical (unpaired) electrons. The number of carbonyl (C=O) groups excluding carboxylic acids is 1. The van der Waals surface area contributed by atoms with Crippen molar-refractivity contribution < 1.29 is 4.79 Å². The normalized spacial score (nSPS) is 10.3. The number of nitrogens with zero attached hydrogens (tertiary/aromatic N) is 1. The minimum Gasteiger partial charge on any atom is -0.281 e. The molecule has 24 heavy (non-hydrogen) atoms. The predicted octanol–water partition coefficient (Wildman–Crippen LogP) is 5.53. The van der Waals surface area contributed by atoms with Crippen LogP contribution >= 0.6 is 11.8 Å². The van der Waals surface area contributed by atoms with Gasteiger partial charge in [0.25, 0.3) is 0 Å². The summed E-state index contributed by atoms with van der Waals surface area (Å²) in [5.41, 5.74) is 1.80. The number of amides is 1. The molecule has 0 saturated heterocycles. The molecule has 0 aromatic heterocycles. The highest BCUT2D eigenvalue weighted by atomic mass is 32.2. The lowest BCUT2D eigenvalue weighted by molar-refractivity contribution is -0.117. The van der Waals surface area contributed by atoms with Crippen LogP contribution in [-0.2, 0) is 4.79 Å². The van der Waals surface area contributed by atoms with Crippen LogP contribution in [0, 0.1) is 0 Å². The Hall–Kier alpha value is -2.52. The van der Waals surface area contributed by atoms with Gasteiger partial charge in [-0.3, -0.25) is 9.69 Å². The van der Waals surface area contributed by atoms with Gasteiger partial charge in [-0.25, -0.2) is 0 Å². The van der Waals surface area contributed by atoms with E-state index in [-0.39, 0.29) is 5.91 Å². The Labute approximate surface area is 147 Å². The van der Waals surface area contributed by atoms with E-state index in [2.05, 4.69) is 12.1 Å². The van der Waals surface area contributed by atoms with Gasteiger partial charge in [0.15, 0.2) is 0 Å². The van der Waals surface area contributed by atoms with Crippen LogP contribution in [0.15, 0.2) is 95.9 Å². The maximum Gasteiger partial charge on any atom is 0.232 e. The molecule has 1 amide bonds. The van der Waals surface area contributed by atoms with Gasteiger partial charge in [-0.05, 0) is 36.4 Å². The third kappa shape index (κ3) is 4.27. The molecule has 120 valence electrons. The monoisotopic (exact) mass is 333 g/mol. The molecule has 3 heteroatoms. The minimum atomic E-state index is 0.107. The highest BCUT2D eigenvalue weighted by molar-refractivity contribution is 7.99. The van der Waals surface area contributed by atoms with Gasteiger partial charge in [-0.15, -0.1) is 11.8 Å². The zero-order valence-electron chi connectivity index (χ0n) is 13.3. The SMILES string of the molecule is O=C(CCSc1ccccc1)N(c1ccccc1)c1ccccc1. The van der Waals surface area contributed by atoms with Crippen molar-refractivity contribution in [2.24, 2.45) is 0 Å². The molecule has 0 atom stereocenters. The van der Waals surface area contributed by atoms with E-state index in [0.29, 0.717) is 6.42 Å². The average Bonchev–Trinajstić information content (AvgIpc) is 2.65. The van der Waals surface area contributed by atoms with Crippen molar-refractivity contribution in [1.82, 2.24) is 0 Å². The number of rotatable bonds is 6. The Morgan fingerprint density at radius 1 is 0.708 bits per heavy atom. The summed E-state index contributed by atoms with van der Waals surface area (Å²) in [6.45, 7) is 0. The van der Waals surface area contributed by atoms with Crippen LogP contribution in [0.25, 0.3) is 0 Å². The van der Waals surface area contributed by atoms with E-state index in [1.165, 1.54) is 4.90 Å². The molecule has 3 aromatic carbocycles. The summed E-state index contributed by atoms with van der Waals surface area (Å²) < 4.78 is 0. The number of thioether (sulfide) groups is 1. The molecule has 0 unspecified atom stereocenters. The fraction of sp³-hybridized carbons (Fsp3) is 0.0952. The van der Waals surface area contributed by atoms with Gasteiger partial charge >= 0.3 is 0 Å². The molecule has 0 aliphatic rings. The van der Waals surface area contributed by atoms with E-state index in [4.69, 9.17) is 0 Å². The fourth-order valence-electron chi connectivity index (χ4n) is 2.48. The molecular weight excluding hydrogens is 314 g/mol. The highest BCUT2D eigenvalue weighted by Gasteiger charge is 2.17. The Morgan fingerprint density at radius 3 is 1.67 bits per heavy atom. The van der Waals surface area contributed by atoms with Crippen molar-refractivity contribution in [2.45, 2.75) is 11.3 Å². The maximum absolute atomic E-state index is 12.8. The van der Waals surface area contributed by atoms with E-state index in [9.17, 15) is 4.79 Å². The second-order valence-electron chi connectivity index (χ2n) is 5.31. The van der Waals surface area contributed by atoms with E-state index >= 15 is 0 Å². The quantitative estimate of drug-likeness (QED) is 0.553. The Bertz CT molecular complexity index is 720. The predicted molar refractivity (Wildman–Crippen MR) is 102 cm³/mol. The van der Waals surface area contributed by atoms with Gasteiger partial charge in [0.05, 0.1) is 0 Å². The minimum absolute atomic E-state index is 0.107. The molecule has 0 N–H and O–H groups in total. The summed E-state index contributed by atoms with van der Waals surface area (Å²) in [4.78, 5) is 15.8. The third-order valence-corrected chi connectivity index (χ3v) is 4.62. The van der Waals surface area contributed by atoms with Crippen LogP contribution in [0.5, 0.6) is 0 Å². The lowest BCUT2D eigenvalue weighted by Gasteiger charge is -2.23. The third-order valence-electron chi connectivity index (χ3n) is 3.61. The second kappa shape index (κ2) is 8.37. The van der Waals surface area contributed by atoms with Gasteiger partial charge in [-0.2, -0.15) is 0 Å². The van der Waals surface area contributed by atoms with Crippen molar-refractivity contribution >= 4 is 29.0 Å². The molecule has 0 aliphatic heterocycles. The summed E-state index contributed by atoms with van der Waals surface area (Å²) >= 11 is 1.71. The molecule has 3 aromatic rings. The van der Waals surface area contributed by atoms with Crippen molar-refractivity contribution in [1.29, 1.82) is 0 Å². The molecule has 0 aliphatic carbocycles. The van der Waals surface area contributed by atoms with Gasteiger partial charge in [-0.1, -0.05) is 54.6 Å². The molecule has 3 rings (SSSR count). The summed E-state index contributed by atoms with van der Waals surface area (Å²) in [5.74, 6) is 0.870. The zero-order chi connectivity index (χ0) is 16.6.